The van der Waals surface area contributed by atoms with Gasteiger partial charge in [0.05, 0.1) is 0 Å². The molecule has 3 nitrogen and oxygen atoms in total. The maximum absolute atomic E-state index is 12.6. The summed E-state index contributed by atoms with van der Waals surface area (Å²) in [6.07, 6.45) is 13.1. The summed E-state index contributed by atoms with van der Waals surface area (Å²) in [4.78, 5) is 14.7. The predicted molar refractivity (Wildman–Crippen MR) is 97.9 cm³/mol. The SMILES string of the molecule is Cc1cc(/C=C/C(=O)N2CC[C@H]3CCCC[C@@H]3C2)c(C)n1C1CC1. The van der Waals surface area contributed by atoms with E-state index in [4.69, 9.17) is 0 Å². The molecule has 0 N–H and O–H groups in total. The summed E-state index contributed by atoms with van der Waals surface area (Å²) >= 11 is 0. The van der Waals surface area contributed by atoms with E-state index in [-0.39, 0.29) is 5.91 Å². The Hall–Kier alpha value is -1.51. The highest BCUT2D eigenvalue weighted by Crippen LogP contribution is 2.39. The van der Waals surface area contributed by atoms with Crippen LogP contribution in [0.5, 0.6) is 0 Å². The molecule has 1 saturated heterocycles. The molecule has 2 heterocycles. The number of hydrogen-bond acceptors (Lipinski definition) is 1. The van der Waals surface area contributed by atoms with Crippen molar-refractivity contribution in [2.45, 2.75) is 64.8 Å². The highest BCUT2D eigenvalue weighted by molar-refractivity contribution is 5.92. The van der Waals surface area contributed by atoms with Crippen LogP contribution in [0.25, 0.3) is 6.08 Å². The van der Waals surface area contributed by atoms with Crippen molar-refractivity contribution in [3.63, 3.8) is 0 Å². The smallest absolute Gasteiger partial charge is 0.246 e. The largest absolute Gasteiger partial charge is 0.346 e. The number of nitrogens with zero attached hydrogens (tertiary/aromatic N) is 2. The molecule has 2 atom stereocenters. The number of fused-ring (bicyclic) bond motifs is 1. The molecule has 3 fully saturated rings. The maximum Gasteiger partial charge on any atom is 0.246 e. The molecule has 2 aliphatic carbocycles. The van der Waals surface area contributed by atoms with Crippen molar-refractivity contribution < 1.29 is 4.79 Å². The Morgan fingerprint density at radius 2 is 1.83 bits per heavy atom. The molecular weight excluding hydrogens is 296 g/mol. The summed E-state index contributed by atoms with van der Waals surface area (Å²) in [5.41, 5.74) is 3.84. The van der Waals surface area contributed by atoms with Gasteiger partial charge >= 0.3 is 0 Å². The molecule has 1 amide bonds. The topological polar surface area (TPSA) is 25.2 Å². The van der Waals surface area contributed by atoms with Crippen LogP contribution in [0.2, 0.25) is 0 Å². The zero-order valence-corrected chi connectivity index (χ0v) is 15.1. The number of rotatable bonds is 3. The first-order valence-electron chi connectivity index (χ1n) is 9.79. The molecule has 0 aromatic carbocycles. The van der Waals surface area contributed by atoms with Crippen LogP contribution in [0.1, 0.15) is 67.9 Å². The van der Waals surface area contributed by atoms with Crippen molar-refractivity contribution in [2.75, 3.05) is 13.1 Å². The first kappa shape index (κ1) is 16.0. The van der Waals surface area contributed by atoms with Gasteiger partial charge in [0.2, 0.25) is 5.91 Å². The highest BCUT2D eigenvalue weighted by Gasteiger charge is 2.32. The molecule has 130 valence electrons. The third-order valence-corrected chi connectivity index (χ3v) is 6.44. The molecule has 0 spiro atoms. The molecule has 1 aromatic rings. The van der Waals surface area contributed by atoms with Crippen molar-refractivity contribution in [1.82, 2.24) is 9.47 Å². The van der Waals surface area contributed by atoms with E-state index in [2.05, 4.69) is 29.4 Å². The molecular formula is C21H30N2O. The van der Waals surface area contributed by atoms with Gasteiger partial charge in [-0.3, -0.25) is 4.79 Å². The van der Waals surface area contributed by atoms with Gasteiger partial charge in [0.25, 0.3) is 0 Å². The number of aryl methyl sites for hydroxylation is 1. The number of aromatic nitrogens is 1. The lowest BCUT2D eigenvalue weighted by atomic mass is 9.75. The minimum atomic E-state index is 0.204. The van der Waals surface area contributed by atoms with Gasteiger partial charge < -0.3 is 9.47 Å². The van der Waals surface area contributed by atoms with Gasteiger partial charge in [-0.2, -0.15) is 0 Å². The molecule has 1 aliphatic heterocycles. The van der Waals surface area contributed by atoms with Gasteiger partial charge in [-0.05, 0) is 69.1 Å². The molecule has 0 radical (unpaired) electrons. The number of hydrogen-bond donors (Lipinski definition) is 0. The third kappa shape index (κ3) is 3.05. The normalized spacial score (nSPS) is 27.5. The molecule has 3 heteroatoms. The van der Waals surface area contributed by atoms with Gasteiger partial charge in [0, 0.05) is 36.6 Å². The van der Waals surface area contributed by atoms with E-state index >= 15 is 0 Å². The number of likely N-dealkylation sites (tertiary alicyclic amines) is 1. The monoisotopic (exact) mass is 326 g/mol. The first-order valence-corrected chi connectivity index (χ1v) is 9.79. The highest BCUT2D eigenvalue weighted by atomic mass is 16.2. The summed E-state index contributed by atoms with van der Waals surface area (Å²) < 4.78 is 2.44. The lowest BCUT2D eigenvalue weighted by Gasteiger charge is -2.41. The van der Waals surface area contributed by atoms with Crippen LogP contribution in [0.3, 0.4) is 0 Å². The number of carbonyl (C=O) groups is 1. The lowest BCUT2D eigenvalue weighted by molar-refractivity contribution is -0.128. The van der Waals surface area contributed by atoms with Gasteiger partial charge in [0.1, 0.15) is 0 Å². The van der Waals surface area contributed by atoms with Crippen LogP contribution in [0.4, 0.5) is 0 Å². The quantitative estimate of drug-likeness (QED) is 0.751. The Kier molecular flexibility index (Phi) is 4.28. The Labute approximate surface area is 145 Å². The molecule has 3 aliphatic rings. The van der Waals surface area contributed by atoms with Gasteiger partial charge in [-0.1, -0.05) is 19.3 Å². The molecule has 0 unspecified atom stereocenters. The molecule has 1 aromatic heterocycles. The van der Waals surface area contributed by atoms with E-state index in [9.17, 15) is 4.79 Å². The maximum atomic E-state index is 12.6. The Bertz CT molecular complexity index is 653. The van der Waals surface area contributed by atoms with Crippen molar-refractivity contribution in [3.8, 4) is 0 Å². The van der Waals surface area contributed by atoms with E-state index in [0.717, 1.165) is 24.9 Å². The minimum Gasteiger partial charge on any atom is -0.346 e. The zero-order chi connectivity index (χ0) is 16.7. The van der Waals surface area contributed by atoms with E-state index < -0.39 is 0 Å². The fraction of sp³-hybridized carbons (Fsp3) is 0.667. The van der Waals surface area contributed by atoms with Crippen molar-refractivity contribution in [2.24, 2.45) is 11.8 Å². The Morgan fingerprint density at radius 3 is 2.58 bits per heavy atom. The molecule has 0 bridgehead atoms. The second-order valence-electron chi connectivity index (χ2n) is 8.14. The summed E-state index contributed by atoms with van der Waals surface area (Å²) in [7, 11) is 0. The molecule has 2 saturated carbocycles. The van der Waals surface area contributed by atoms with Crippen molar-refractivity contribution >= 4 is 12.0 Å². The third-order valence-electron chi connectivity index (χ3n) is 6.44. The van der Waals surface area contributed by atoms with Crippen LogP contribution in [-0.4, -0.2) is 28.5 Å². The van der Waals surface area contributed by atoms with Crippen LogP contribution < -0.4 is 0 Å². The minimum absolute atomic E-state index is 0.204. The fourth-order valence-corrected chi connectivity index (χ4v) is 4.93. The number of carbonyl (C=O) groups excluding carboxylic acids is 1. The van der Waals surface area contributed by atoms with Gasteiger partial charge in [-0.25, -0.2) is 0 Å². The summed E-state index contributed by atoms with van der Waals surface area (Å²) in [6, 6.07) is 2.93. The summed E-state index contributed by atoms with van der Waals surface area (Å²) in [5, 5.41) is 0. The van der Waals surface area contributed by atoms with E-state index in [1.165, 1.54) is 61.9 Å². The average Bonchev–Trinajstić information content (AvgIpc) is 3.38. The van der Waals surface area contributed by atoms with Crippen LogP contribution in [0, 0.1) is 25.7 Å². The van der Waals surface area contributed by atoms with Crippen molar-refractivity contribution in [3.05, 3.63) is 29.1 Å². The molecule has 4 rings (SSSR count). The van der Waals surface area contributed by atoms with E-state index in [1.54, 1.807) is 0 Å². The fourth-order valence-electron chi connectivity index (χ4n) is 4.93. The lowest BCUT2D eigenvalue weighted by Crippen LogP contribution is -2.44. The first-order chi connectivity index (χ1) is 11.6. The van der Waals surface area contributed by atoms with Crippen molar-refractivity contribution in [1.29, 1.82) is 0 Å². The number of piperidine rings is 1. The van der Waals surface area contributed by atoms with E-state index in [1.807, 2.05) is 12.2 Å². The predicted octanol–water partition coefficient (Wildman–Crippen LogP) is 4.49. The van der Waals surface area contributed by atoms with Crippen LogP contribution in [0.15, 0.2) is 12.1 Å². The second-order valence-corrected chi connectivity index (χ2v) is 8.14. The van der Waals surface area contributed by atoms with Gasteiger partial charge in [0.15, 0.2) is 0 Å². The Morgan fingerprint density at radius 1 is 1.08 bits per heavy atom. The van der Waals surface area contributed by atoms with Crippen LogP contribution in [-0.2, 0) is 4.79 Å². The average molecular weight is 326 g/mol. The molecule has 24 heavy (non-hydrogen) atoms. The van der Waals surface area contributed by atoms with Crippen LogP contribution >= 0.6 is 0 Å². The zero-order valence-electron chi connectivity index (χ0n) is 15.1. The number of amides is 1. The van der Waals surface area contributed by atoms with E-state index in [0.29, 0.717) is 6.04 Å². The summed E-state index contributed by atoms with van der Waals surface area (Å²) in [6.45, 7) is 6.29. The second kappa shape index (κ2) is 6.42. The summed E-state index contributed by atoms with van der Waals surface area (Å²) in [5.74, 6) is 1.84. The standard InChI is InChI=1S/C21H30N2O/c1-15-13-18(16(2)23(15)20-8-9-20)7-10-21(24)22-12-11-17-5-3-4-6-19(17)14-22/h7,10,13,17,19-20H,3-6,8-9,11-12,14H2,1-2H3/b10-7+/t17-,19-/m1/s1. The Balaban J connectivity index is 1.42. The van der Waals surface area contributed by atoms with Gasteiger partial charge in [-0.15, -0.1) is 0 Å².